The van der Waals surface area contributed by atoms with E-state index in [9.17, 15) is 0 Å². The highest BCUT2D eigenvalue weighted by molar-refractivity contribution is 14.1. The van der Waals surface area contributed by atoms with Gasteiger partial charge in [-0.05, 0) is 35.4 Å². The maximum atomic E-state index is 5.70. The zero-order valence-electron chi connectivity index (χ0n) is 7.38. The van der Waals surface area contributed by atoms with Crippen molar-refractivity contribution in [3.05, 3.63) is 16.0 Å². The normalized spacial score (nSPS) is 15.5. The van der Waals surface area contributed by atoms with Crippen LogP contribution in [-0.2, 0) is 0 Å². The van der Waals surface area contributed by atoms with Crippen molar-refractivity contribution in [3.8, 4) is 5.75 Å². The van der Waals surface area contributed by atoms with Crippen LogP contribution in [0, 0.1) is 3.57 Å². The Kier molecular flexibility index (Phi) is 2.57. The molecule has 2 rings (SSSR count). The van der Waals surface area contributed by atoms with Crippen molar-refractivity contribution < 1.29 is 4.74 Å². The van der Waals surface area contributed by atoms with Gasteiger partial charge in [-0.15, -0.1) is 0 Å². The average molecular weight is 290 g/mol. The third kappa shape index (κ3) is 2.04. The molecule has 1 aromatic rings. The van der Waals surface area contributed by atoms with Crippen molar-refractivity contribution in [2.75, 3.05) is 12.4 Å². The molecule has 1 saturated carbocycles. The Balaban J connectivity index is 2.25. The van der Waals surface area contributed by atoms with Crippen LogP contribution in [0.3, 0.4) is 0 Å². The number of aromatic nitrogens is 1. The number of nitrogens with zero attached hydrogens (tertiary/aromatic N) is 1. The Morgan fingerprint density at radius 1 is 1.54 bits per heavy atom. The van der Waals surface area contributed by atoms with Gasteiger partial charge in [-0.25, -0.2) is 0 Å². The van der Waals surface area contributed by atoms with E-state index >= 15 is 0 Å². The Hall–Kier alpha value is -0.520. The highest BCUT2D eigenvalue weighted by Gasteiger charge is 2.24. The predicted octanol–water partition coefficient (Wildman–Crippen LogP) is 2.27. The summed E-state index contributed by atoms with van der Waals surface area (Å²) in [4.78, 5) is 4.10. The summed E-state index contributed by atoms with van der Waals surface area (Å²) in [5.41, 5.74) is 1.04. The van der Waals surface area contributed by atoms with Crippen LogP contribution in [0.15, 0.2) is 12.4 Å². The second-order valence-corrected chi connectivity index (χ2v) is 4.22. The number of ether oxygens (including phenoxy) is 1. The number of halogens is 1. The summed E-state index contributed by atoms with van der Waals surface area (Å²) in [6.45, 7) is 0. The van der Waals surface area contributed by atoms with E-state index in [1.807, 2.05) is 13.2 Å². The number of hydrogen-bond acceptors (Lipinski definition) is 3. The molecule has 3 nitrogen and oxygen atoms in total. The first-order valence-corrected chi connectivity index (χ1v) is 5.37. The summed E-state index contributed by atoms with van der Waals surface area (Å²) in [6.07, 6.45) is 6.37. The molecular formula is C9H11IN2O. The van der Waals surface area contributed by atoms with Gasteiger partial charge < -0.3 is 10.1 Å². The highest BCUT2D eigenvalue weighted by Crippen LogP contribution is 2.33. The van der Waals surface area contributed by atoms with Crippen LogP contribution in [0.4, 0.5) is 5.69 Å². The van der Waals surface area contributed by atoms with Crippen LogP contribution >= 0.6 is 22.6 Å². The summed E-state index contributed by atoms with van der Waals surface area (Å²) in [5.74, 6) is 0.872. The van der Waals surface area contributed by atoms with E-state index in [0.717, 1.165) is 15.0 Å². The Morgan fingerprint density at radius 3 is 2.92 bits per heavy atom. The van der Waals surface area contributed by atoms with Gasteiger partial charge in [0.2, 0.25) is 0 Å². The Morgan fingerprint density at radius 2 is 2.31 bits per heavy atom. The van der Waals surface area contributed by atoms with Crippen molar-refractivity contribution in [2.24, 2.45) is 0 Å². The number of pyridine rings is 1. The minimum Gasteiger partial charge on any atom is -0.487 e. The quantitative estimate of drug-likeness (QED) is 0.867. The van der Waals surface area contributed by atoms with Gasteiger partial charge in [0.15, 0.2) is 5.75 Å². The van der Waals surface area contributed by atoms with Crippen LogP contribution in [0.2, 0.25) is 0 Å². The molecule has 13 heavy (non-hydrogen) atoms. The first kappa shape index (κ1) is 9.05. The lowest BCUT2D eigenvalue weighted by Crippen LogP contribution is -2.02. The van der Waals surface area contributed by atoms with E-state index in [4.69, 9.17) is 4.74 Å². The minimum atomic E-state index is 0.423. The zero-order chi connectivity index (χ0) is 9.26. The highest BCUT2D eigenvalue weighted by atomic mass is 127. The monoisotopic (exact) mass is 290 g/mol. The number of hydrogen-bond donors (Lipinski definition) is 1. The average Bonchev–Trinajstić information content (AvgIpc) is 2.89. The van der Waals surface area contributed by atoms with Crippen molar-refractivity contribution in [3.63, 3.8) is 0 Å². The third-order valence-corrected chi connectivity index (χ3v) is 2.75. The second-order valence-electron chi connectivity index (χ2n) is 3.06. The van der Waals surface area contributed by atoms with Gasteiger partial charge in [-0.2, -0.15) is 0 Å². The van der Waals surface area contributed by atoms with Gasteiger partial charge in [0.05, 0.1) is 21.6 Å². The molecule has 1 N–H and O–H groups in total. The molecule has 0 aromatic carbocycles. The maximum absolute atomic E-state index is 5.70. The maximum Gasteiger partial charge on any atom is 0.162 e. The van der Waals surface area contributed by atoms with Crippen LogP contribution in [0.1, 0.15) is 12.8 Å². The van der Waals surface area contributed by atoms with E-state index in [1.54, 1.807) is 6.20 Å². The summed E-state index contributed by atoms with van der Waals surface area (Å²) in [6, 6.07) is 0. The van der Waals surface area contributed by atoms with Crippen molar-refractivity contribution in [1.82, 2.24) is 4.98 Å². The van der Waals surface area contributed by atoms with E-state index in [1.165, 1.54) is 12.8 Å². The van der Waals surface area contributed by atoms with Gasteiger partial charge >= 0.3 is 0 Å². The second kappa shape index (κ2) is 3.69. The molecule has 1 aliphatic rings. The lowest BCUT2D eigenvalue weighted by molar-refractivity contribution is 0.303. The fourth-order valence-corrected chi connectivity index (χ4v) is 1.81. The lowest BCUT2D eigenvalue weighted by Gasteiger charge is -2.10. The van der Waals surface area contributed by atoms with Crippen molar-refractivity contribution in [2.45, 2.75) is 18.9 Å². The van der Waals surface area contributed by atoms with E-state index in [2.05, 4.69) is 32.9 Å². The molecule has 0 saturated heterocycles. The fraction of sp³-hybridized carbons (Fsp3) is 0.444. The molecule has 0 unspecified atom stereocenters. The standard InChI is InChI=1S/C9H11IN2O/c1-11-9-7(10)4-12-5-8(9)13-6-2-3-6/h4-6H,2-3H2,1H3,(H,11,12). The van der Waals surface area contributed by atoms with Gasteiger partial charge in [-0.1, -0.05) is 0 Å². The Labute approximate surface area is 91.0 Å². The number of nitrogens with one attached hydrogen (secondary N) is 1. The minimum absolute atomic E-state index is 0.423. The molecule has 1 aromatic heterocycles. The summed E-state index contributed by atoms with van der Waals surface area (Å²) >= 11 is 2.25. The van der Waals surface area contributed by atoms with E-state index < -0.39 is 0 Å². The first-order chi connectivity index (χ1) is 6.31. The largest absolute Gasteiger partial charge is 0.487 e. The molecule has 0 bridgehead atoms. The molecule has 1 heterocycles. The van der Waals surface area contributed by atoms with Gasteiger partial charge in [0, 0.05) is 13.2 Å². The van der Waals surface area contributed by atoms with Gasteiger partial charge in [0.1, 0.15) is 0 Å². The molecule has 0 spiro atoms. The molecule has 0 atom stereocenters. The van der Waals surface area contributed by atoms with Crippen LogP contribution < -0.4 is 10.1 Å². The molecule has 0 aliphatic heterocycles. The molecule has 70 valence electrons. The molecule has 1 aliphatic carbocycles. The predicted molar refractivity (Wildman–Crippen MR) is 60.2 cm³/mol. The topological polar surface area (TPSA) is 34.2 Å². The smallest absolute Gasteiger partial charge is 0.162 e. The summed E-state index contributed by atoms with van der Waals surface area (Å²) < 4.78 is 6.79. The van der Waals surface area contributed by atoms with Crippen molar-refractivity contribution in [1.29, 1.82) is 0 Å². The Bertz CT molecular complexity index is 312. The third-order valence-electron chi connectivity index (χ3n) is 1.93. The van der Waals surface area contributed by atoms with E-state index in [-0.39, 0.29) is 0 Å². The van der Waals surface area contributed by atoms with E-state index in [0.29, 0.717) is 6.10 Å². The number of rotatable bonds is 3. The zero-order valence-corrected chi connectivity index (χ0v) is 9.54. The molecular weight excluding hydrogens is 279 g/mol. The van der Waals surface area contributed by atoms with Crippen LogP contribution in [0.5, 0.6) is 5.75 Å². The fourth-order valence-electron chi connectivity index (χ4n) is 1.11. The van der Waals surface area contributed by atoms with Gasteiger partial charge in [0.25, 0.3) is 0 Å². The molecule has 4 heteroatoms. The van der Waals surface area contributed by atoms with Crippen LogP contribution in [0.25, 0.3) is 0 Å². The summed E-state index contributed by atoms with van der Waals surface area (Å²) in [5, 5.41) is 3.12. The SMILES string of the molecule is CNc1c(I)cncc1OC1CC1. The first-order valence-electron chi connectivity index (χ1n) is 4.29. The van der Waals surface area contributed by atoms with Crippen LogP contribution in [-0.4, -0.2) is 18.1 Å². The van der Waals surface area contributed by atoms with Gasteiger partial charge in [-0.3, -0.25) is 4.98 Å². The summed E-state index contributed by atoms with van der Waals surface area (Å²) in [7, 11) is 1.90. The molecule has 1 fully saturated rings. The lowest BCUT2D eigenvalue weighted by atomic mass is 10.4. The molecule has 0 amide bonds. The molecule has 0 radical (unpaired) electrons. The van der Waals surface area contributed by atoms with Crippen molar-refractivity contribution >= 4 is 28.3 Å². The number of anilines is 1.